The molecule has 33 heavy (non-hydrogen) atoms. The summed E-state index contributed by atoms with van der Waals surface area (Å²) in [5, 5.41) is 9.27. The molecule has 0 fully saturated rings. The van der Waals surface area contributed by atoms with E-state index >= 15 is 0 Å². The number of rotatable bonds is 7. The molecule has 0 radical (unpaired) electrons. The van der Waals surface area contributed by atoms with Gasteiger partial charge in [-0.05, 0) is 48.1 Å². The number of alkyl halides is 1. The second-order valence-corrected chi connectivity index (χ2v) is 10.2. The summed E-state index contributed by atoms with van der Waals surface area (Å²) in [6.45, 7) is 7.08. The van der Waals surface area contributed by atoms with E-state index in [0.29, 0.717) is 24.6 Å². The van der Waals surface area contributed by atoms with Gasteiger partial charge in [0.2, 0.25) is 5.91 Å². The number of fused-ring (bicyclic) bond motifs is 1. The van der Waals surface area contributed by atoms with Gasteiger partial charge in [-0.3, -0.25) is 14.5 Å². The molecule has 1 N–H and O–H groups in total. The fourth-order valence-electron chi connectivity index (χ4n) is 4.28. The van der Waals surface area contributed by atoms with Crippen molar-refractivity contribution in [3.05, 3.63) is 82.5 Å². The van der Waals surface area contributed by atoms with Gasteiger partial charge in [-0.25, -0.2) is 0 Å². The maximum Gasteiger partial charge on any atom is 0.277 e. The quantitative estimate of drug-likeness (QED) is 0.238. The van der Waals surface area contributed by atoms with E-state index in [-0.39, 0.29) is 25.0 Å². The molecule has 1 atom stereocenters. The lowest BCUT2D eigenvalue weighted by Crippen LogP contribution is -2.44. The molecule has 0 spiro atoms. The van der Waals surface area contributed by atoms with Gasteiger partial charge in [0.25, 0.3) is 5.91 Å². The minimum Gasteiger partial charge on any atom is -0.396 e. The topological polar surface area (TPSA) is 62.5 Å². The maximum absolute atomic E-state index is 13.6. The molecule has 0 saturated heterocycles. The molecule has 1 aliphatic rings. The van der Waals surface area contributed by atoms with Crippen LogP contribution in [0, 0.1) is 6.92 Å². The molecule has 0 saturated carbocycles. The van der Waals surface area contributed by atoms with Crippen LogP contribution in [0.15, 0.2) is 54.6 Å². The Hall–Kier alpha value is -2.45. The Kier molecular flexibility index (Phi) is 7.05. The third-order valence-electron chi connectivity index (χ3n) is 6.18. The Morgan fingerprint density at radius 1 is 1.06 bits per heavy atom. The summed E-state index contributed by atoms with van der Waals surface area (Å²) in [7, 11) is 0. The van der Waals surface area contributed by atoms with Crippen LogP contribution in [0.25, 0.3) is 11.3 Å². The van der Waals surface area contributed by atoms with Crippen LogP contribution in [0.3, 0.4) is 0 Å². The molecule has 4 rings (SSSR count). The van der Waals surface area contributed by atoms with Crippen LogP contribution in [0.1, 0.15) is 62.9 Å². The first kappa shape index (κ1) is 23.7. The summed E-state index contributed by atoms with van der Waals surface area (Å²) in [5.41, 5.74) is 6.81. The van der Waals surface area contributed by atoms with Gasteiger partial charge in [0.05, 0.1) is 0 Å². The summed E-state index contributed by atoms with van der Waals surface area (Å²) in [6, 6.07) is 18.7. The van der Waals surface area contributed by atoms with Crippen LogP contribution in [-0.2, 0) is 11.3 Å². The third kappa shape index (κ3) is 4.64. The molecular formula is C27H29IN2O3. The molecule has 1 aliphatic heterocycles. The molecule has 2 aromatic carbocycles. The largest absolute Gasteiger partial charge is 0.396 e. The van der Waals surface area contributed by atoms with E-state index in [2.05, 4.69) is 96.5 Å². The van der Waals surface area contributed by atoms with Crippen LogP contribution >= 0.6 is 22.6 Å². The predicted molar refractivity (Wildman–Crippen MR) is 139 cm³/mol. The number of hydrogen-bond donors (Lipinski definition) is 1. The standard InChI is InChI=1S/C27H29IN2O3/c1-17(2)20-6-4-7-21(14-20)23-15-22-24(28)26(32)29(12-5-13-31)27(33)25(22)30(23)16-19-10-8-18(3)9-11-19/h4,6-11,14-15,17,24,31H,5,12-13,16H2,1-3H3/t24-/m1/s1. The maximum atomic E-state index is 13.6. The van der Waals surface area contributed by atoms with Gasteiger partial charge < -0.3 is 9.67 Å². The number of halogens is 1. The number of carbonyl (C=O) groups is 2. The Bertz CT molecular complexity index is 1180. The number of nitrogens with zero attached hydrogens (tertiary/aromatic N) is 2. The molecular weight excluding hydrogens is 527 g/mol. The lowest BCUT2D eigenvalue weighted by molar-refractivity contribution is -0.128. The van der Waals surface area contributed by atoms with Crippen molar-refractivity contribution in [2.75, 3.05) is 13.2 Å². The van der Waals surface area contributed by atoms with Gasteiger partial charge in [0.1, 0.15) is 9.62 Å². The predicted octanol–water partition coefficient (Wildman–Crippen LogP) is 5.48. The summed E-state index contributed by atoms with van der Waals surface area (Å²) in [4.78, 5) is 27.9. The summed E-state index contributed by atoms with van der Waals surface area (Å²) < 4.78 is 1.62. The highest BCUT2D eigenvalue weighted by Crippen LogP contribution is 2.40. The Morgan fingerprint density at radius 2 is 1.79 bits per heavy atom. The number of aliphatic hydroxyl groups is 1. The average molecular weight is 556 g/mol. The van der Waals surface area contributed by atoms with E-state index in [0.717, 1.165) is 22.4 Å². The van der Waals surface area contributed by atoms with E-state index in [1.54, 1.807) is 0 Å². The zero-order valence-electron chi connectivity index (χ0n) is 19.2. The van der Waals surface area contributed by atoms with Gasteiger partial charge in [0, 0.05) is 31.0 Å². The van der Waals surface area contributed by atoms with E-state index in [4.69, 9.17) is 0 Å². The summed E-state index contributed by atoms with van der Waals surface area (Å²) in [6.07, 6.45) is 0.373. The van der Waals surface area contributed by atoms with Gasteiger partial charge in [-0.1, -0.05) is 84.5 Å². The SMILES string of the molecule is Cc1ccc(Cn2c(-c3cccc(C(C)C)c3)cc3c2C(=O)N(CCCO)C(=O)[C@@H]3I)cc1. The lowest BCUT2D eigenvalue weighted by Gasteiger charge is -2.29. The molecule has 172 valence electrons. The molecule has 2 amide bonds. The van der Waals surface area contributed by atoms with Crippen molar-refractivity contribution in [1.29, 1.82) is 0 Å². The molecule has 0 bridgehead atoms. The van der Waals surface area contributed by atoms with Crippen molar-refractivity contribution in [2.24, 2.45) is 0 Å². The molecule has 1 aromatic heterocycles. The number of amides is 2. The zero-order chi connectivity index (χ0) is 23.7. The van der Waals surface area contributed by atoms with Gasteiger partial charge in [-0.15, -0.1) is 0 Å². The first-order valence-corrected chi connectivity index (χ1v) is 12.6. The highest BCUT2D eigenvalue weighted by molar-refractivity contribution is 14.1. The molecule has 0 unspecified atom stereocenters. The zero-order valence-corrected chi connectivity index (χ0v) is 21.4. The van der Waals surface area contributed by atoms with Crippen molar-refractivity contribution in [2.45, 2.75) is 43.6 Å². The number of hydrogen-bond acceptors (Lipinski definition) is 3. The van der Waals surface area contributed by atoms with Crippen molar-refractivity contribution in [3.63, 3.8) is 0 Å². The Balaban J connectivity index is 1.89. The average Bonchev–Trinajstić information content (AvgIpc) is 3.18. The van der Waals surface area contributed by atoms with E-state index in [1.165, 1.54) is 16.0 Å². The first-order chi connectivity index (χ1) is 15.8. The Labute approximate surface area is 208 Å². The summed E-state index contributed by atoms with van der Waals surface area (Å²) >= 11 is 2.13. The number of benzene rings is 2. The van der Waals surface area contributed by atoms with Crippen LogP contribution in [0.2, 0.25) is 0 Å². The number of aromatic nitrogens is 1. The molecule has 0 aliphatic carbocycles. The summed E-state index contributed by atoms with van der Waals surface area (Å²) in [5.74, 6) is -0.110. The van der Waals surface area contributed by atoms with Crippen molar-refractivity contribution < 1.29 is 14.7 Å². The van der Waals surface area contributed by atoms with Gasteiger partial charge >= 0.3 is 0 Å². The van der Waals surface area contributed by atoms with E-state index < -0.39 is 3.92 Å². The first-order valence-electron chi connectivity index (χ1n) is 11.3. The second kappa shape index (κ2) is 9.81. The van der Waals surface area contributed by atoms with Crippen molar-refractivity contribution in [1.82, 2.24) is 9.47 Å². The molecule has 2 heterocycles. The monoisotopic (exact) mass is 556 g/mol. The highest BCUT2D eigenvalue weighted by Gasteiger charge is 2.40. The van der Waals surface area contributed by atoms with Crippen molar-refractivity contribution >= 4 is 34.4 Å². The highest BCUT2D eigenvalue weighted by atomic mass is 127. The molecule has 5 nitrogen and oxygen atoms in total. The number of imide groups is 1. The van der Waals surface area contributed by atoms with E-state index in [1.807, 2.05) is 6.07 Å². The fourth-order valence-corrected chi connectivity index (χ4v) is 5.09. The number of carbonyl (C=O) groups excluding carboxylic acids is 2. The normalized spacial score (nSPS) is 15.9. The second-order valence-electron chi connectivity index (χ2n) is 8.92. The smallest absolute Gasteiger partial charge is 0.277 e. The van der Waals surface area contributed by atoms with Crippen LogP contribution < -0.4 is 0 Å². The minimum atomic E-state index is -0.444. The molecule has 6 heteroatoms. The van der Waals surface area contributed by atoms with Crippen LogP contribution in [0.4, 0.5) is 0 Å². The van der Waals surface area contributed by atoms with E-state index in [9.17, 15) is 14.7 Å². The van der Waals surface area contributed by atoms with Crippen LogP contribution in [0.5, 0.6) is 0 Å². The van der Waals surface area contributed by atoms with Gasteiger partial charge in [-0.2, -0.15) is 0 Å². The van der Waals surface area contributed by atoms with Crippen LogP contribution in [-0.4, -0.2) is 39.5 Å². The lowest BCUT2D eigenvalue weighted by atomic mass is 9.99. The third-order valence-corrected chi connectivity index (χ3v) is 7.38. The van der Waals surface area contributed by atoms with Crippen molar-refractivity contribution in [3.8, 4) is 11.3 Å². The number of aryl methyl sites for hydroxylation is 1. The fraction of sp³-hybridized carbons (Fsp3) is 0.333. The minimum absolute atomic E-state index is 0.0621. The number of aliphatic hydroxyl groups excluding tert-OH is 1. The molecule has 3 aromatic rings. The Morgan fingerprint density at radius 3 is 2.45 bits per heavy atom. The van der Waals surface area contributed by atoms with Gasteiger partial charge in [0.15, 0.2) is 0 Å².